The van der Waals surface area contributed by atoms with Crippen LogP contribution < -0.4 is 4.74 Å². The Labute approximate surface area is 132 Å². The van der Waals surface area contributed by atoms with Gasteiger partial charge in [-0.1, -0.05) is 6.07 Å². The van der Waals surface area contributed by atoms with Gasteiger partial charge in [-0.25, -0.2) is 4.98 Å². The zero-order valence-electron chi connectivity index (χ0n) is 12.4. The zero-order chi connectivity index (χ0) is 15.8. The van der Waals surface area contributed by atoms with Gasteiger partial charge in [0.2, 0.25) is 5.88 Å². The van der Waals surface area contributed by atoms with E-state index in [-0.39, 0.29) is 0 Å². The number of H-pyrrole nitrogens is 1. The molecule has 0 amide bonds. The molecule has 5 heteroatoms. The number of methoxy groups -OCH3 is 1. The van der Waals surface area contributed by atoms with E-state index in [1.54, 1.807) is 13.2 Å². The lowest BCUT2D eigenvalue weighted by atomic mass is 10.0. The van der Waals surface area contributed by atoms with Gasteiger partial charge >= 0.3 is 0 Å². The minimum atomic E-state index is 0.592. The van der Waals surface area contributed by atoms with Crippen molar-refractivity contribution in [1.29, 1.82) is 5.26 Å². The van der Waals surface area contributed by atoms with Gasteiger partial charge in [0, 0.05) is 22.4 Å². The molecule has 4 rings (SSSR count). The minimum Gasteiger partial charge on any atom is -0.481 e. The van der Waals surface area contributed by atoms with E-state index in [1.807, 2.05) is 42.5 Å². The van der Waals surface area contributed by atoms with E-state index in [0.29, 0.717) is 11.4 Å². The summed E-state index contributed by atoms with van der Waals surface area (Å²) >= 11 is 0. The number of pyridine rings is 1. The molecule has 0 spiro atoms. The highest BCUT2D eigenvalue weighted by Gasteiger charge is 2.10. The van der Waals surface area contributed by atoms with E-state index in [4.69, 9.17) is 10.00 Å². The number of nitriles is 1. The first-order valence-corrected chi connectivity index (χ1v) is 7.12. The number of aromatic nitrogens is 3. The second-order valence-electron chi connectivity index (χ2n) is 5.21. The van der Waals surface area contributed by atoms with Crippen molar-refractivity contribution in [2.45, 2.75) is 0 Å². The van der Waals surface area contributed by atoms with Gasteiger partial charge < -0.3 is 4.74 Å². The number of aromatic amines is 1. The monoisotopic (exact) mass is 300 g/mol. The first-order valence-electron chi connectivity index (χ1n) is 7.12. The summed E-state index contributed by atoms with van der Waals surface area (Å²) in [6, 6.07) is 17.4. The Morgan fingerprint density at radius 1 is 1.09 bits per heavy atom. The number of nitrogens with one attached hydrogen (secondary N) is 1. The summed E-state index contributed by atoms with van der Waals surface area (Å²) in [5.41, 5.74) is 4.20. The Balaban J connectivity index is 1.90. The normalized spacial score (nSPS) is 10.8. The molecule has 2 aromatic carbocycles. The summed E-state index contributed by atoms with van der Waals surface area (Å²) in [5.74, 6) is 0.592. The molecule has 110 valence electrons. The lowest BCUT2D eigenvalue weighted by molar-refractivity contribution is 0.399. The third-order valence-corrected chi connectivity index (χ3v) is 3.84. The molecule has 2 heterocycles. The van der Waals surface area contributed by atoms with Crippen LogP contribution in [0.2, 0.25) is 0 Å². The Kier molecular flexibility index (Phi) is 2.95. The largest absolute Gasteiger partial charge is 0.481 e. The predicted molar refractivity (Wildman–Crippen MR) is 88.1 cm³/mol. The second kappa shape index (κ2) is 5.11. The summed E-state index contributed by atoms with van der Waals surface area (Å²) in [6.07, 6.45) is 0. The van der Waals surface area contributed by atoms with E-state index < -0.39 is 0 Å². The van der Waals surface area contributed by atoms with Crippen molar-refractivity contribution in [3.05, 3.63) is 54.1 Å². The molecule has 0 aliphatic rings. The standard InChI is InChI=1S/C18H12N4O/c1-23-17-7-4-12-9-13(3-6-15(12)20-17)18-14-8-11(10-19)2-5-16(14)21-22-18/h2-9H,1H3,(H,21,22). The lowest BCUT2D eigenvalue weighted by Crippen LogP contribution is -1.88. The van der Waals surface area contributed by atoms with Crippen LogP contribution in [-0.4, -0.2) is 22.3 Å². The molecule has 0 saturated carbocycles. The summed E-state index contributed by atoms with van der Waals surface area (Å²) in [6.45, 7) is 0. The third-order valence-electron chi connectivity index (χ3n) is 3.84. The topological polar surface area (TPSA) is 74.6 Å². The Hall–Kier alpha value is -3.39. The van der Waals surface area contributed by atoms with Crippen LogP contribution in [-0.2, 0) is 0 Å². The maximum atomic E-state index is 9.09. The van der Waals surface area contributed by atoms with Crippen molar-refractivity contribution in [1.82, 2.24) is 15.2 Å². The summed E-state index contributed by atoms with van der Waals surface area (Å²) < 4.78 is 5.15. The number of rotatable bonds is 2. The Bertz CT molecular complexity index is 1080. The molecular weight excluding hydrogens is 288 g/mol. The van der Waals surface area contributed by atoms with Crippen molar-refractivity contribution in [3.8, 4) is 23.2 Å². The van der Waals surface area contributed by atoms with Gasteiger partial charge in [0.1, 0.15) is 0 Å². The van der Waals surface area contributed by atoms with Crippen LogP contribution in [0.15, 0.2) is 48.5 Å². The van der Waals surface area contributed by atoms with Gasteiger partial charge in [-0.15, -0.1) is 0 Å². The van der Waals surface area contributed by atoms with Crippen molar-refractivity contribution in [3.63, 3.8) is 0 Å². The van der Waals surface area contributed by atoms with Gasteiger partial charge in [0.05, 0.1) is 35.5 Å². The van der Waals surface area contributed by atoms with Gasteiger partial charge in [-0.05, 0) is 36.4 Å². The van der Waals surface area contributed by atoms with Gasteiger partial charge in [0.15, 0.2) is 0 Å². The number of nitrogens with zero attached hydrogens (tertiary/aromatic N) is 3. The smallest absolute Gasteiger partial charge is 0.213 e. The van der Waals surface area contributed by atoms with E-state index >= 15 is 0 Å². The highest BCUT2D eigenvalue weighted by atomic mass is 16.5. The number of fused-ring (bicyclic) bond motifs is 2. The average molecular weight is 300 g/mol. The van der Waals surface area contributed by atoms with Crippen LogP contribution in [0.1, 0.15) is 5.56 Å². The molecule has 0 bridgehead atoms. The second-order valence-corrected chi connectivity index (χ2v) is 5.21. The highest BCUT2D eigenvalue weighted by molar-refractivity contribution is 5.96. The van der Waals surface area contributed by atoms with Crippen LogP contribution in [0, 0.1) is 11.3 Å². The molecule has 23 heavy (non-hydrogen) atoms. The number of hydrogen-bond donors (Lipinski definition) is 1. The maximum absolute atomic E-state index is 9.09. The summed E-state index contributed by atoms with van der Waals surface area (Å²) in [4.78, 5) is 4.41. The van der Waals surface area contributed by atoms with Crippen molar-refractivity contribution >= 4 is 21.8 Å². The fourth-order valence-electron chi connectivity index (χ4n) is 2.67. The highest BCUT2D eigenvalue weighted by Crippen LogP contribution is 2.29. The summed E-state index contributed by atoms with van der Waals surface area (Å²) in [7, 11) is 1.60. The molecule has 0 saturated heterocycles. The van der Waals surface area contributed by atoms with Crippen LogP contribution in [0.4, 0.5) is 0 Å². The first-order chi connectivity index (χ1) is 11.3. The quantitative estimate of drug-likeness (QED) is 0.613. The minimum absolute atomic E-state index is 0.592. The molecule has 0 aliphatic carbocycles. The molecule has 1 N–H and O–H groups in total. The van der Waals surface area contributed by atoms with E-state index in [1.165, 1.54) is 0 Å². The Morgan fingerprint density at radius 3 is 2.83 bits per heavy atom. The predicted octanol–water partition coefficient (Wildman–Crippen LogP) is 3.66. The van der Waals surface area contributed by atoms with E-state index in [0.717, 1.165) is 33.1 Å². The van der Waals surface area contributed by atoms with Crippen LogP contribution in [0.5, 0.6) is 5.88 Å². The van der Waals surface area contributed by atoms with Gasteiger partial charge in [-0.2, -0.15) is 10.4 Å². The maximum Gasteiger partial charge on any atom is 0.213 e. The molecule has 0 radical (unpaired) electrons. The molecule has 5 nitrogen and oxygen atoms in total. The number of benzene rings is 2. The van der Waals surface area contributed by atoms with Crippen molar-refractivity contribution < 1.29 is 4.74 Å². The van der Waals surface area contributed by atoms with Crippen LogP contribution in [0.25, 0.3) is 33.1 Å². The Morgan fingerprint density at radius 2 is 2.00 bits per heavy atom. The van der Waals surface area contributed by atoms with Crippen LogP contribution in [0.3, 0.4) is 0 Å². The fraction of sp³-hybridized carbons (Fsp3) is 0.0556. The fourth-order valence-corrected chi connectivity index (χ4v) is 2.67. The number of ether oxygens (including phenoxy) is 1. The number of hydrogen-bond acceptors (Lipinski definition) is 4. The SMILES string of the molecule is COc1ccc2cc(-c3n[nH]c4ccc(C#N)cc34)ccc2n1. The molecule has 0 fully saturated rings. The van der Waals surface area contributed by atoms with Gasteiger partial charge in [0.25, 0.3) is 0 Å². The lowest BCUT2D eigenvalue weighted by Gasteiger charge is -2.04. The third kappa shape index (κ3) is 2.17. The van der Waals surface area contributed by atoms with Crippen molar-refractivity contribution in [2.75, 3.05) is 7.11 Å². The van der Waals surface area contributed by atoms with E-state index in [9.17, 15) is 0 Å². The van der Waals surface area contributed by atoms with E-state index in [2.05, 4.69) is 21.3 Å². The van der Waals surface area contributed by atoms with Crippen LogP contribution >= 0.6 is 0 Å². The molecule has 2 aromatic heterocycles. The van der Waals surface area contributed by atoms with Crippen molar-refractivity contribution in [2.24, 2.45) is 0 Å². The molecule has 0 unspecified atom stereocenters. The molecular formula is C18H12N4O. The van der Waals surface area contributed by atoms with Gasteiger partial charge in [-0.3, -0.25) is 5.10 Å². The first kappa shape index (κ1) is 13.3. The zero-order valence-corrected chi connectivity index (χ0v) is 12.4. The molecule has 0 atom stereocenters. The summed E-state index contributed by atoms with van der Waals surface area (Å²) in [5, 5.41) is 18.4. The molecule has 0 aliphatic heterocycles. The average Bonchev–Trinajstić information content (AvgIpc) is 3.03. The molecule has 4 aromatic rings.